The molecule has 0 aromatic heterocycles. The number of alkyl halides is 12. The zero-order valence-corrected chi connectivity index (χ0v) is 25.2. The lowest BCUT2D eigenvalue weighted by Crippen LogP contribution is -2.70. The van der Waals surface area contributed by atoms with Gasteiger partial charge >= 0.3 is 41.5 Å². The zero-order valence-electron chi connectivity index (χ0n) is 25.2. The van der Waals surface area contributed by atoms with Gasteiger partial charge in [0, 0.05) is 43.5 Å². The summed E-state index contributed by atoms with van der Waals surface area (Å²) in [5.41, 5.74) is -0.688. The van der Waals surface area contributed by atoms with E-state index in [0.717, 1.165) is 6.92 Å². The van der Waals surface area contributed by atoms with Crippen molar-refractivity contribution in [3.8, 4) is 0 Å². The van der Waals surface area contributed by atoms with Crippen LogP contribution in [0, 0.1) is 11.8 Å². The summed E-state index contributed by atoms with van der Waals surface area (Å²) >= 11 is 0. The van der Waals surface area contributed by atoms with Gasteiger partial charge in [0.25, 0.3) is 0 Å². The van der Waals surface area contributed by atoms with Crippen molar-refractivity contribution in [3.63, 3.8) is 0 Å². The van der Waals surface area contributed by atoms with E-state index in [2.05, 4.69) is 22.6 Å². The fraction of sp³-hybridized carbons (Fsp3) is 0.821. The molecular formula is C28H40F12O6. The average Bonchev–Trinajstić information content (AvgIpc) is 2.95. The molecule has 0 rings (SSSR count). The van der Waals surface area contributed by atoms with Crippen LogP contribution in [0.4, 0.5) is 52.7 Å². The van der Waals surface area contributed by atoms with E-state index in [1.165, 1.54) is 0 Å². The number of aliphatic hydroxyl groups is 3. The van der Waals surface area contributed by atoms with Crippen molar-refractivity contribution in [2.45, 2.75) is 107 Å². The molecule has 6 nitrogen and oxygen atoms in total. The van der Waals surface area contributed by atoms with Crippen LogP contribution in [-0.2, 0) is 14.3 Å². The molecule has 0 aliphatic heterocycles. The lowest BCUT2D eigenvalue weighted by Gasteiger charge is -2.42. The van der Waals surface area contributed by atoms with Crippen LogP contribution in [0.5, 0.6) is 0 Å². The Balaban J connectivity index is 6.22. The molecular weight excluding hydrogens is 660 g/mol. The highest BCUT2D eigenvalue weighted by Crippen LogP contribution is 2.61. The van der Waals surface area contributed by atoms with Crippen molar-refractivity contribution >= 4 is 5.97 Å². The van der Waals surface area contributed by atoms with E-state index in [1.54, 1.807) is 6.92 Å². The van der Waals surface area contributed by atoms with Gasteiger partial charge in [0.05, 0.1) is 13.2 Å². The highest BCUT2D eigenvalue weighted by atomic mass is 19.4. The second-order valence-electron chi connectivity index (χ2n) is 11.1. The minimum Gasteiger partial charge on any atom is -0.462 e. The second-order valence-corrected chi connectivity index (χ2v) is 11.1. The van der Waals surface area contributed by atoms with Crippen LogP contribution in [0.3, 0.4) is 0 Å². The molecule has 2 atom stereocenters. The average molecular weight is 701 g/mol. The van der Waals surface area contributed by atoms with Gasteiger partial charge in [-0.3, -0.25) is 0 Å². The first-order chi connectivity index (χ1) is 20.8. The summed E-state index contributed by atoms with van der Waals surface area (Å²) in [4.78, 5) is 12.1. The molecule has 0 aromatic rings. The number of esters is 1. The van der Waals surface area contributed by atoms with Crippen LogP contribution in [0.15, 0.2) is 24.3 Å². The third-order valence-electron chi connectivity index (χ3n) is 6.94. The van der Waals surface area contributed by atoms with Gasteiger partial charge in [-0.1, -0.05) is 45.8 Å². The van der Waals surface area contributed by atoms with Crippen molar-refractivity contribution in [2.75, 3.05) is 26.4 Å². The zero-order chi connectivity index (χ0) is 36.4. The van der Waals surface area contributed by atoms with Gasteiger partial charge in [0.1, 0.15) is 0 Å². The van der Waals surface area contributed by atoms with E-state index >= 15 is 0 Å². The second kappa shape index (κ2) is 17.4. The quantitative estimate of drug-likeness (QED) is 0.0247. The molecule has 0 saturated carbocycles. The number of ether oxygens (including phenoxy) is 2. The van der Waals surface area contributed by atoms with Crippen molar-refractivity contribution in [1.29, 1.82) is 0 Å². The van der Waals surface area contributed by atoms with Gasteiger partial charge in [-0.15, -0.1) is 0 Å². The van der Waals surface area contributed by atoms with Crippen molar-refractivity contribution in [3.05, 3.63) is 24.3 Å². The van der Waals surface area contributed by atoms with Crippen LogP contribution >= 0.6 is 0 Å². The number of carbonyl (C=O) groups is 1. The lowest BCUT2D eigenvalue weighted by atomic mass is 9.87. The summed E-state index contributed by atoms with van der Waals surface area (Å²) in [6.07, 6.45) is -7.12. The van der Waals surface area contributed by atoms with E-state index in [1.807, 2.05) is 0 Å². The summed E-state index contributed by atoms with van der Waals surface area (Å²) < 4.78 is 182. The topological polar surface area (TPSA) is 96.2 Å². The fourth-order valence-corrected chi connectivity index (χ4v) is 3.90. The Hall–Kier alpha value is -2.05. The Kier molecular flexibility index (Phi) is 16.6. The van der Waals surface area contributed by atoms with Crippen LogP contribution in [0.1, 0.15) is 65.2 Å². The van der Waals surface area contributed by atoms with Crippen LogP contribution in [0.25, 0.3) is 0 Å². The maximum absolute atomic E-state index is 14.8. The highest BCUT2D eigenvalue weighted by Gasteiger charge is 2.89. The van der Waals surface area contributed by atoms with Crippen molar-refractivity contribution < 1.29 is 82.3 Å². The third-order valence-corrected chi connectivity index (χ3v) is 6.94. The largest absolute Gasteiger partial charge is 0.462 e. The number of halogens is 12. The SMILES string of the molecule is C=C(CC(CO)CO)C(=O)OCC(COC(O)C(=C)C)CC(F)(F)C(F)(F)C(F)(F)C(F)(F)C(F)(F)C(F)(F)CCCCCCC. The standard InChI is InChI=1S/C28H40F12O6/c1-5-6-7-8-9-10-23(29,30)25(33,34)27(37,38)28(39,40)26(35,36)24(31,32)12-20(15-45-21(43)17(2)3)16-46-22(44)18(4)11-19(13-41)14-42/h19-21,41-43H,2,4-16H2,1,3H3. The molecule has 46 heavy (non-hydrogen) atoms. The number of rotatable bonds is 24. The molecule has 0 aliphatic carbocycles. The normalized spacial score (nSPS) is 15.2. The van der Waals surface area contributed by atoms with Gasteiger partial charge in [-0.2, -0.15) is 52.7 Å². The Morgan fingerprint density at radius 1 is 0.717 bits per heavy atom. The predicted molar refractivity (Wildman–Crippen MR) is 140 cm³/mol. The fourth-order valence-electron chi connectivity index (χ4n) is 3.90. The maximum Gasteiger partial charge on any atom is 0.384 e. The van der Waals surface area contributed by atoms with Gasteiger partial charge in [0.15, 0.2) is 6.29 Å². The number of aliphatic hydroxyl groups excluding tert-OH is 3. The summed E-state index contributed by atoms with van der Waals surface area (Å²) in [6.45, 7) is 5.26. The molecule has 0 fully saturated rings. The molecule has 0 saturated heterocycles. The van der Waals surface area contributed by atoms with Gasteiger partial charge in [-0.25, -0.2) is 4.79 Å². The van der Waals surface area contributed by atoms with Crippen LogP contribution < -0.4 is 0 Å². The number of hydrogen-bond acceptors (Lipinski definition) is 6. The predicted octanol–water partition coefficient (Wildman–Crippen LogP) is 7.17. The minimum atomic E-state index is -7.77. The van der Waals surface area contributed by atoms with E-state index in [4.69, 9.17) is 10.2 Å². The third kappa shape index (κ3) is 10.5. The Morgan fingerprint density at radius 2 is 1.20 bits per heavy atom. The molecule has 272 valence electrons. The van der Waals surface area contributed by atoms with Gasteiger partial charge in [-0.05, 0) is 25.3 Å². The van der Waals surface area contributed by atoms with Crippen LogP contribution in [0.2, 0.25) is 0 Å². The van der Waals surface area contributed by atoms with E-state index in [0.29, 0.717) is 12.8 Å². The molecule has 3 N–H and O–H groups in total. The van der Waals surface area contributed by atoms with Crippen molar-refractivity contribution in [2.24, 2.45) is 11.8 Å². The molecule has 0 amide bonds. The van der Waals surface area contributed by atoms with E-state index < -0.39 is 117 Å². The number of carbonyl (C=O) groups excluding carboxylic acids is 1. The molecule has 18 heteroatoms. The van der Waals surface area contributed by atoms with Crippen molar-refractivity contribution in [1.82, 2.24) is 0 Å². The molecule has 0 spiro atoms. The van der Waals surface area contributed by atoms with Crippen LogP contribution in [-0.4, -0.2) is 89.5 Å². The first kappa shape index (κ1) is 43.9. The monoisotopic (exact) mass is 700 g/mol. The molecule has 0 radical (unpaired) electrons. The molecule has 0 bridgehead atoms. The minimum absolute atomic E-state index is 0.179. The lowest BCUT2D eigenvalue weighted by molar-refractivity contribution is -0.426. The van der Waals surface area contributed by atoms with Gasteiger partial charge < -0.3 is 24.8 Å². The molecule has 0 heterocycles. The summed E-state index contributed by atoms with van der Waals surface area (Å²) in [6, 6.07) is 0. The van der Waals surface area contributed by atoms with Gasteiger partial charge in [0.2, 0.25) is 0 Å². The Labute approximate surface area is 258 Å². The Bertz CT molecular complexity index is 986. The summed E-state index contributed by atoms with van der Waals surface area (Å²) in [7, 11) is 0. The highest BCUT2D eigenvalue weighted by molar-refractivity contribution is 5.87. The number of unbranched alkanes of at least 4 members (excludes halogenated alkanes) is 4. The molecule has 0 aromatic carbocycles. The number of hydrogen-bond donors (Lipinski definition) is 3. The summed E-state index contributed by atoms with van der Waals surface area (Å²) in [5, 5.41) is 27.8. The Morgan fingerprint density at radius 3 is 1.65 bits per heavy atom. The molecule has 2 unspecified atom stereocenters. The smallest absolute Gasteiger partial charge is 0.384 e. The first-order valence-corrected chi connectivity index (χ1v) is 14.1. The summed E-state index contributed by atoms with van der Waals surface area (Å²) in [5.74, 6) is -47.2. The van der Waals surface area contributed by atoms with E-state index in [-0.39, 0.29) is 18.4 Å². The first-order valence-electron chi connectivity index (χ1n) is 14.1. The molecule has 0 aliphatic rings. The van der Waals surface area contributed by atoms with E-state index in [9.17, 15) is 62.6 Å². The maximum atomic E-state index is 14.8.